The Balaban J connectivity index is 0.00000243. The number of halogens is 1. The number of carbonyl (C=O) groups is 1. The predicted molar refractivity (Wildman–Crippen MR) is 104 cm³/mol. The Hall–Kier alpha value is -1.89. The third kappa shape index (κ3) is 5.30. The first kappa shape index (κ1) is 20.4. The van der Waals surface area contributed by atoms with Gasteiger partial charge in [0, 0.05) is 18.2 Å². The summed E-state index contributed by atoms with van der Waals surface area (Å²) in [4.78, 5) is 12.4. The summed E-state index contributed by atoms with van der Waals surface area (Å²) in [5.74, 6) is -0.229. The van der Waals surface area contributed by atoms with Gasteiger partial charge in [0.1, 0.15) is 0 Å². The number of sulfone groups is 1. The molecule has 7 heteroatoms. The fraction of sp³-hybridized carbons (Fsp3) is 0.316. The van der Waals surface area contributed by atoms with E-state index in [0.29, 0.717) is 18.2 Å². The minimum absolute atomic E-state index is 0. The lowest BCUT2D eigenvalue weighted by Gasteiger charge is -2.11. The van der Waals surface area contributed by atoms with Crippen molar-refractivity contribution in [1.29, 1.82) is 0 Å². The molecule has 140 valence electrons. The number of benzene rings is 2. The Labute approximate surface area is 160 Å². The van der Waals surface area contributed by atoms with Crippen LogP contribution < -0.4 is 10.6 Å². The van der Waals surface area contributed by atoms with Crippen molar-refractivity contribution in [1.82, 2.24) is 10.6 Å². The van der Waals surface area contributed by atoms with Gasteiger partial charge in [-0.05, 0) is 49.2 Å². The van der Waals surface area contributed by atoms with Gasteiger partial charge in [0.2, 0.25) is 0 Å². The molecule has 1 atom stereocenters. The summed E-state index contributed by atoms with van der Waals surface area (Å²) in [6.07, 6.45) is 2.20. The molecule has 1 saturated heterocycles. The Bertz CT molecular complexity index is 818. The summed E-state index contributed by atoms with van der Waals surface area (Å²) in [7, 11) is -3.42. The molecule has 1 unspecified atom stereocenters. The van der Waals surface area contributed by atoms with E-state index < -0.39 is 9.84 Å². The van der Waals surface area contributed by atoms with Gasteiger partial charge in [0.25, 0.3) is 5.91 Å². The van der Waals surface area contributed by atoms with E-state index in [4.69, 9.17) is 0 Å². The van der Waals surface area contributed by atoms with Crippen LogP contribution in [0.3, 0.4) is 0 Å². The van der Waals surface area contributed by atoms with Gasteiger partial charge in [-0.2, -0.15) is 0 Å². The molecule has 1 aliphatic rings. The van der Waals surface area contributed by atoms with Crippen molar-refractivity contribution in [2.24, 2.45) is 0 Å². The van der Waals surface area contributed by atoms with Crippen molar-refractivity contribution in [3.63, 3.8) is 0 Å². The molecule has 0 bridgehead atoms. The third-order valence-corrected chi connectivity index (χ3v) is 6.05. The van der Waals surface area contributed by atoms with Crippen LogP contribution in [0.1, 0.15) is 28.8 Å². The quantitative estimate of drug-likeness (QED) is 0.789. The Morgan fingerprint density at radius 2 is 1.77 bits per heavy atom. The number of rotatable bonds is 6. The zero-order valence-corrected chi connectivity index (χ0v) is 16.0. The van der Waals surface area contributed by atoms with Crippen molar-refractivity contribution in [2.75, 3.05) is 13.1 Å². The largest absolute Gasteiger partial charge is 0.350 e. The van der Waals surface area contributed by atoms with Gasteiger partial charge < -0.3 is 10.6 Å². The number of hydrogen-bond donors (Lipinski definition) is 2. The second-order valence-corrected chi connectivity index (χ2v) is 8.26. The van der Waals surface area contributed by atoms with Crippen LogP contribution in [0.2, 0.25) is 0 Å². The molecule has 0 radical (unpaired) electrons. The average Bonchev–Trinajstić information content (AvgIpc) is 3.14. The molecule has 1 fully saturated rings. The highest BCUT2D eigenvalue weighted by Gasteiger charge is 2.17. The summed E-state index contributed by atoms with van der Waals surface area (Å²) < 4.78 is 24.9. The van der Waals surface area contributed by atoms with Crippen molar-refractivity contribution in [3.8, 4) is 0 Å². The number of hydrogen-bond acceptors (Lipinski definition) is 4. The highest BCUT2D eigenvalue weighted by atomic mass is 35.5. The topological polar surface area (TPSA) is 75.3 Å². The van der Waals surface area contributed by atoms with E-state index >= 15 is 0 Å². The summed E-state index contributed by atoms with van der Waals surface area (Å²) >= 11 is 0. The van der Waals surface area contributed by atoms with Crippen LogP contribution in [0.25, 0.3) is 0 Å². The van der Waals surface area contributed by atoms with E-state index in [2.05, 4.69) is 10.6 Å². The molecule has 1 aliphatic heterocycles. The Kier molecular flexibility index (Phi) is 7.20. The van der Waals surface area contributed by atoms with Crippen LogP contribution in [0, 0.1) is 0 Å². The molecule has 0 spiro atoms. The second kappa shape index (κ2) is 9.16. The van der Waals surface area contributed by atoms with Crippen LogP contribution >= 0.6 is 12.4 Å². The average molecular weight is 395 g/mol. The lowest BCUT2D eigenvalue weighted by Crippen LogP contribution is -2.37. The fourth-order valence-corrected chi connectivity index (χ4v) is 4.29. The third-order valence-electron chi connectivity index (χ3n) is 4.35. The van der Waals surface area contributed by atoms with Gasteiger partial charge in [0.05, 0.1) is 10.6 Å². The molecule has 1 heterocycles. The monoisotopic (exact) mass is 394 g/mol. The van der Waals surface area contributed by atoms with Crippen molar-refractivity contribution in [3.05, 3.63) is 65.7 Å². The molecule has 0 saturated carbocycles. The van der Waals surface area contributed by atoms with E-state index in [-0.39, 0.29) is 29.0 Å². The van der Waals surface area contributed by atoms with E-state index in [1.807, 2.05) is 18.2 Å². The first-order valence-electron chi connectivity index (χ1n) is 8.43. The molecular weight excluding hydrogens is 372 g/mol. The normalized spacial score (nSPS) is 16.7. The molecule has 26 heavy (non-hydrogen) atoms. The Morgan fingerprint density at radius 1 is 1.08 bits per heavy atom. The number of nitrogens with one attached hydrogen (secondary N) is 2. The van der Waals surface area contributed by atoms with E-state index in [1.165, 1.54) is 12.1 Å². The summed E-state index contributed by atoms with van der Waals surface area (Å²) in [6, 6.07) is 15.5. The molecule has 0 aromatic heterocycles. The lowest BCUT2D eigenvalue weighted by molar-refractivity contribution is 0.0950. The van der Waals surface area contributed by atoms with Gasteiger partial charge in [-0.25, -0.2) is 8.42 Å². The maximum absolute atomic E-state index is 12.5. The van der Waals surface area contributed by atoms with E-state index in [0.717, 1.165) is 24.9 Å². The van der Waals surface area contributed by atoms with Crippen molar-refractivity contribution >= 4 is 28.2 Å². The number of carbonyl (C=O) groups excluding carboxylic acids is 1. The van der Waals surface area contributed by atoms with Crippen LogP contribution in [0.4, 0.5) is 0 Å². The van der Waals surface area contributed by atoms with Crippen LogP contribution in [0.15, 0.2) is 59.5 Å². The second-order valence-electron chi connectivity index (χ2n) is 6.27. The van der Waals surface area contributed by atoms with Gasteiger partial charge in [0.15, 0.2) is 9.84 Å². The fourth-order valence-electron chi connectivity index (χ4n) is 2.94. The minimum atomic E-state index is -3.42. The van der Waals surface area contributed by atoms with Gasteiger partial charge in [-0.3, -0.25) is 4.79 Å². The van der Waals surface area contributed by atoms with Gasteiger partial charge >= 0.3 is 0 Å². The van der Waals surface area contributed by atoms with Crippen LogP contribution in [-0.4, -0.2) is 33.5 Å². The highest BCUT2D eigenvalue weighted by molar-refractivity contribution is 7.90. The SMILES string of the molecule is Cl.O=C(NCC1CCCN1)c1ccc(S(=O)(=O)Cc2ccccc2)cc1. The molecule has 3 rings (SSSR count). The standard InChI is InChI=1S/C19H22N2O3S.ClH/c22-19(21-13-17-7-4-12-20-17)16-8-10-18(11-9-16)25(23,24)14-15-5-2-1-3-6-15;/h1-3,5-6,8-11,17,20H,4,7,12-14H2,(H,21,22);1H. The molecule has 2 aromatic carbocycles. The van der Waals surface area contributed by atoms with Crippen LogP contribution in [-0.2, 0) is 15.6 Å². The zero-order chi connectivity index (χ0) is 17.7. The number of amides is 1. The summed E-state index contributed by atoms with van der Waals surface area (Å²) in [6.45, 7) is 1.58. The van der Waals surface area contributed by atoms with Gasteiger partial charge in [-0.15, -0.1) is 12.4 Å². The molecule has 5 nitrogen and oxygen atoms in total. The maximum Gasteiger partial charge on any atom is 0.251 e. The maximum atomic E-state index is 12.5. The van der Waals surface area contributed by atoms with Gasteiger partial charge in [-0.1, -0.05) is 30.3 Å². The van der Waals surface area contributed by atoms with E-state index in [1.54, 1.807) is 24.3 Å². The first-order valence-corrected chi connectivity index (χ1v) is 10.1. The molecule has 1 amide bonds. The van der Waals surface area contributed by atoms with Crippen molar-refractivity contribution < 1.29 is 13.2 Å². The minimum Gasteiger partial charge on any atom is -0.350 e. The van der Waals surface area contributed by atoms with Crippen molar-refractivity contribution in [2.45, 2.75) is 29.5 Å². The zero-order valence-electron chi connectivity index (χ0n) is 14.4. The predicted octanol–water partition coefficient (Wildman–Crippen LogP) is 2.56. The summed E-state index contributed by atoms with van der Waals surface area (Å²) in [5.41, 5.74) is 1.21. The lowest BCUT2D eigenvalue weighted by atomic mass is 10.2. The Morgan fingerprint density at radius 3 is 2.38 bits per heavy atom. The highest BCUT2D eigenvalue weighted by Crippen LogP contribution is 2.17. The molecule has 2 aromatic rings. The van der Waals surface area contributed by atoms with E-state index in [9.17, 15) is 13.2 Å². The summed E-state index contributed by atoms with van der Waals surface area (Å²) in [5, 5.41) is 6.21. The first-order chi connectivity index (χ1) is 12.0. The van der Waals surface area contributed by atoms with Crippen LogP contribution in [0.5, 0.6) is 0 Å². The molecular formula is C19H23ClN2O3S. The molecule has 2 N–H and O–H groups in total. The molecule has 0 aliphatic carbocycles. The smallest absolute Gasteiger partial charge is 0.251 e.